The number of amides is 2. The first-order chi connectivity index (χ1) is 8.31. The Hall–Kier alpha value is -1.30. The Bertz CT molecular complexity index is 326. The van der Waals surface area contributed by atoms with Gasteiger partial charge in [-0.05, 0) is 26.7 Å². The van der Waals surface area contributed by atoms with Crippen molar-refractivity contribution in [2.45, 2.75) is 51.1 Å². The molecule has 1 rings (SSSR count). The molecule has 2 unspecified atom stereocenters. The lowest BCUT2D eigenvalue weighted by Gasteiger charge is -2.29. The van der Waals surface area contributed by atoms with Gasteiger partial charge in [0.25, 0.3) is 0 Å². The number of carboxylic acids is 1. The molecule has 2 amide bonds. The fraction of sp³-hybridized carbons (Fsp3) is 0.833. The van der Waals surface area contributed by atoms with Crippen molar-refractivity contribution in [2.75, 3.05) is 13.2 Å². The van der Waals surface area contributed by atoms with Crippen LogP contribution in [0.3, 0.4) is 0 Å². The summed E-state index contributed by atoms with van der Waals surface area (Å²) in [6, 6.07) is -0.457. The second-order valence-electron chi connectivity index (χ2n) is 5.33. The number of carboxylic acid groups (broad SMARTS) is 1. The van der Waals surface area contributed by atoms with E-state index in [-0.39, 0.29) is 0 Å². The Labute approximate surface area is 107 Å². The van der Waals surface area contributed by atoms with Crippen LogP contribution in [0.5, 0.6) is 0 Å². The molecule has 0 aromatic rings. The summed E-state index contributed by atoms with van der Waals surface area (Å²) < 4.78 is 5.23. The van der Waals surface area contributed by atoms with Crippen LogP contribution in [0.4, 0.5) is 4.79 Å². The van der Waals surface area contributed by atoms with E-state index in [9.17, 15) is 14.7 Å². The standard InChI is InChI=1S/C12H22N2O4/c1-4-5-12(3,9(15)16)14-10(17)13-11(2)6-7-18-8-11/h4-8H2,1-3H3,(H,15,16)(H2,13,14,17). The van der Waals surface area contributed by atoms with Crippen LogP contribution < -0.4 is 10.6 Å². The second kappa shape index (κ2) is 5.56. The molecule has 6 heteroatoms. The first-order valence-electron chi connectivity index (χ1n) is 6.23. The highest BCUT2D eigenvalue weighted by atomic mass is 16.5. The van der Waals surface area contributed by atoms with Gasteiger partial charge in [0.15, 0.2) is 0 Å². The molecular formula is C12H22N2O4. The average Bonchev–Trinajstić information content (AvgIpc) is 2.64. The van der Waals surface area contributed by atoms with E-state index in [1.54, 1.807) is 0 Å². The Morgan fingerprint density at radius 1 is 1.50 bits per heavy atom. The smallest absolute Gasteiger partial charge is 0.329 e. The molecule has 1 heterocycles. The van der Waals surface area contributed by atoms with Gasteiger partial charge in [0.05, 0.1) is 12.1 Å². The van der Waals surface area contributed by atoms with E-state index >= 15 is 0 Å². The lowest BCUT2D eigenvalue weighted by Crippen LogP contribution is -2.59. The van der Waals surface area contributed by atoms with Crippen molar-refractivity contribution in [1.29, 1.82) is 0 Å². The normalized spacial score (nSPS) is 26.4. The van der Waals surface area contributed by atoms with Gasteiger partial charge in [-0.2, -0.15) is 0 Å². The molecule has 0 spiro atoms. The number of hydrogen-bond acceptors (Lipinski definition) is 3. The number of hydrogen-bond donors (Lipinski definition) is 3. The van der Waals surface area contributed by atoms with Gasteiger partial charge in [-0.1, -0.05) is 13.3 Å². The molecular weight excluding hydrogens is 236 g/mol. The number of carbonyl (C=O) groups is 2. The van der Waals surface area contributed by atoms with Crippen LogP contribution in [0.1, 0.15) is 40.0 Å². The molecule has 1 fully saturated rings. The van der Waals surface area contributed by atoms with Crippen LogP contribution >= 0.6 is 0 Å². The van der Waals surface area contributed by atoms with Crippen molar-refractivity contribution >= 4 is 12.0 Å². The van der Waals surface area contributed by atoms with E-state index in [4.69, 9.17) is 4.74 Å². The Morgan fingerprint density at radius 2 is 2.17 bits per heavy atom. The van der Waals surface area contributed by atoms with E-state index in [1.807, 2.05) is 13.8 Å². The summed E-state index contributed by atoms with van der Waals surface area (Å²) >= 11 is 0. The summed E-state index contributed by atoms with van der Waals surface area (Å²) in [6.45, 7) is 6.36. The van der Waals surface area contributed by atoms with Crippen LogP contribution in [0.2, 0.25) is 0 Å². The van der Waals surface area contributed by atoms with Crippen molar-refractivity contribution in [1.82, 2.24) is 10.6 Å². The van der Waals surface area contributed by atoms with Crippen molar-refractivity contribution in [3.63, 3.8) is 0 Å². The number of nitrogens with one attached hydrogen (secondary N) is 2. The molecule has 0 aromatic carbocycles. The molecule has 0 bridgehead atoms. The molecule has 2 atom stereocenters. The number of urea groups is 1. The zero-order valence-corrected chi connectivity index (χ0v) is 11.2. The van der Waals surface area contributed by atoms with Crippen molar-refractivity contribution < 1.29 is 19.4 Å². The lowest BCUT2D eigenvalue weighted by molar-refractivity contribution is -0.144. The second-order valence-corrected chi connectivity index (χ2v) is 5.33. The predicted octanol–water partition coefficient (Wildman–Crippen LogP) is 1.11. The van der Waals surface area contributed by atoms with E-state index in [1.165, 1.54) is 6.92 Å². The fourth-order valence-electron chi connectivity index (χ4n) is 2.04. The van der Waals surface area contributed by atoms with Gasteiger partial charge in [0, 0.05) is 6.61 Å². The SMILES string of the molecule is CCCC(C)(NC(=O)NC1(C)CCOC1)C(=O)O. The van der Waals surface area contributed by atoms with Crippen LogP contribution in [-0.2, 0) is 9.53 Å². The quantitative estimate of drug-likeness (QED) is 0.689. The molecule has 104 valence electrons. The summed E-state index contributed by atoms with van der Waals surface area (Å²) in [7, 11) is 0. The third-order valence-corrected chi connectivity index (χ3v) is 3.25. The minimum atomic E-state index is -1.23. The molecule has 3 N–H and O–H groups in total. The first-order valence-corrected chi connectivity index (χ1v) is 6.23. The predicted molar refractivity (Wildman–Crippen MR) is 66.5 cm³/mol. The van der Waals surface area contributed by atoms with Gasteiger partial charge in [-0.15, -0.1) is 0 Å². The maximum absolute atomic E-state index is 11.9. The maximum Gasteiger partial charge on any atom is 0.329 e. The number of ether oxygens (including phenoxy) is 1. The van der Waals surface area contributed by atoms with Crippen molar-refractivity contribution in [3.05, 3.63) is 0 Å². The highest BCUT2D eigenvalue weighted by Crippen LogP contribution is 2.18. The summed E-state index contributed by atoms with van der Waals surface area (Å²) in [5.41, 5.74) is -1.63. The van der Waals surface area contributed by atoms with Gasteiger partial charge in [0.1, 0.15) is 5.54 Å². The number of rotatable bonds is 5. The molecule has 1 aliphatic heterocycles. The van der Waals surface area contributed by atoms with Gasteiger partial charge < -0.3 is 20.5 Å². The molecule has 0 radical (unpaired) electrons. The van der Waals surface area contributed by atoms with E-state index < -0.39 is 23.1 Å². The number of aliphatic carboxylic acids is 1. The van der Waals surface area contributed by atoms with Gasteiger partial charge in [0.2, 0.25) is 0 Å². The molecule has 1 saturated heterocycles. The van der Waals surface area contributed by atoms with Crippen LogP contribution in [0.15, 0.2) is 0 Å². The molecule has 0 saturated carbocycles. The largest absolute Gasteiger partial charge is 0.480 e. The Morgan fingerprint density at radius 3 is 2.61 bits per heavy atom. The maximum atomic E-state index is 11.9. The highest BCUT2D eigenvalue weighted by Gasteiger charge is 2.37. The average molecular weight is 258 g/mol. The Balaban J connectivity index is 2.59. The van der Waals surface area contributed by atoms with Gasteiger partial charge in [-0.3, -0.25) is 0 Å². The van der Waals surface area contributed by atoms with Crippen molar-refractivity contribution in [3.8, 4) is 0 Å². The molecule has 1 aliphatic rings. The highest BCUT2D eigenvalue weighted by molar-refractivity contribution is 5.86. The number of carbonyl (C=O) groups excluding carboxylic acids is 1. The van der Waals surface area contributed by atoms with E-state index in [0.29, 0.717) is 26.1 Å². The topological polar surface area (TPSA) is 87.7 Å². The van der Waals surface area contributed by atoms with E-state index in [0.717, 1.165) is 6.42 Å². The van der Waals surface area contributed by atoms with Crippen molar-refractivity contribution in [2.24, 2.45) is 0 Å². The van der Waals surface area contributed by atoms with Crippen LogP contribution in [0.25, 0.3) is 0 Å². The zero-order chi connectivity index (χ0) is 13.8. The monoisotopic (exact) mass is 258 g/mol. The minimum Gasteiger partial charge on any atom is -0.480 e. The first kappa shape index (κ1) is 14.8. The van der Waals surface area contributed by atoms with Gasteiger partial charge >= 0.3 is 12.0 Å². The van der Waals surface area contributed by atoms with Crippen LogP contribution in [-0.4, -0.2) is 41.4 Å². The third-order valence-electron chi connectivity index (χ3n) is 3.25. The Kier molecular flexibility index (Phi) is 4.56. The summed E-state index contributed by atoms with van der Waals surface area (Å²) in [5.74, 6) is -1.02. The van der Waals surface area contributed by atoms with E-state index in [2.05, 4.69) is 10.6 Å². The molecule has 0 aromatic heterocycles. The molecule has 18 heavy (non-hydrogen) atoms. The lowest BCUT2D eigenvalue weighted by atomic mass is 9.96. The van der Waals surface area contributed by atoms with Gasteiger partial charge in [-0.25, -0.2) is 9.59 Å². The third kappa shape index (κ3) is 3.60. The fourth-order valence-corrected chi connectivity index (χ4v) is 2.04. The minimum absolute atomic E-state index is 0.392. The zero-order valence-electron chi connectivity index (χ0n) is 11.2. The summed E-state index contributed by atoms with van der Waals surface area (Å²) in [4.78, 5) is 23.1. The molecule has 0 aliphatic carbocycles. The molecule has 6 nitrogen and oxygen atoms in total. The summed E-state index contributed by atoms with van der Waals surface area (Å²) in [6.07, 6.45) is 1.81. The summed E-state index contributed by atoms with van der Waals surface area (Å²) in [5, 5.41) is 14.5. The van der Waals surface area contributed by atoms with Crippen LogP contribution in [0, 0.1) is 0 Å².